The predicted octanol–water partition coefficient (Wildman–Crippen LogP) is 9.86. The third kappa shape index (κ3) is 9.83. The molecule has 4 atom stereocenters. The van der Waals surface area contributed by atoms with Gasteiger partial charge in [-0.3, -0.25) is 14.3 Å². The van der Waals surface area contributed by atoms with E-state index in [1.807, 2.05) is 84.9 Å². The number of ether oxygens (including phenoxy) is 4. The average Bonchev–Trinajstić information content (AvgIpc) is 3.95. The highest BCUT2D eigenvalue weighted by Crippen LogP contribution is 2.51. The zero-order chi connectivity index (χ0) is 46.2. The number of nitriles is 1. The van der Waals surface area contributed by atoms with Gasteiger partial charge in [0.25, 0.3) is 14.1 Å². The Hall–Kier alpha value is -6.17. The fourth-order valence-electron chi connectivity index (χ4n) is 8.67. The maximum atomic E-state index is 13.6. The van der Waals surface area contributed by atoms with Crippen molar-refractivity contribution >= 4 is 36.4 Å². The summed E-state index contributed by atoms with van der Waals surface area (Å²) in [6, 6.07) is 42.5. The number of hydrogen-bond donors (Lipinski definition) is 2. The molecule has 2 N–H and O–H groups in total. The number of nitrogens with one attached hydrogen (secondary N) is 2. The van der Waals surface area contributed by atoms with E-state index in [2.05, 4.69) is 90.1 Å². The van der Waals surface area contributed by atoms with Gasteiger partial charge in [-0.15, -0.1) is 0 Å². The van der Waals surface area contributed by atoms with E-state index in [4.69, 9.17) is 33.0 Å². The molecule has 1 fully saturated rings. The van der Waals surface area contributed by atoms with E-state index in [-0.39, 0.29) is 42.8 Å². The van der Waals surface area contributed by atoms with Crippen LogP contribution in [0.1, 0.15) is 69.0 Å². The molecule has 0 saturated carbocycles. The Labute approximate surface area is 386 Å². The quantitative estimate of drug-likeness (QED) is 0.0424. The highest BCUT2D eigenvalue weighted by molar-refractivity contribution is 7.44. The van der Waals surface area contributed by atoms with Crippen LogP contribution in [0.4, 0.5) is 5.95 Å². The Morgan fingerprint density at radius 3 is 2.17 bits per heavy atom. The highest BCUT2D eigenvalue weighted by atomic mass is 31.2. The van der Waals surface area contributed by atoms with Crippen molar-refractivity contribution in [1.29, 1.82) is 5.26 Å². The van der Waals surface area contributed by atoms with E-state index in [1.54, 1.807) is 25.1 Å². The molecule has 0 spiro atoms. The zero-order valence-electron chi connectivity index (χ0n) is 38.1. The van der Waals surface area contributed by atoms with Crippen LogP contribution in [0.5, 0.6) is 11.5 Å². The first-order chi connectivity index (χ1) is 32.1. The first-order valence-corrected chi connectivity index (χ1v) is 23.3. The lowest BCUT2D eigenvalue weighted by atomic mass is 9.80. The van der Waals surface area contributed by atoms with Crippen LogP contribution in [0.15, 0.2) is 132 Å². The van der Waals surface area contributed by atoms with E-state index in [9.17, 15) is 10.1 Å². The SMILES string of the molecule is COc1ccc(C(OC[C@H]2O[C@@H](n3cnc4c(=O)[nH]c(NCc5cccc6ccccc56)nc43)C[C@@H]2OP(OCCC#N)N(C(C)C)C(C)C)(c2ccccc2)c2ccc(OC)cc2)cc1. The minimum atomic E-state index is -1.68. The van der Waals surface area contributed by atoms with Gasteiger partial charge in [-0.1, -0.05) is 97.1 Å². The fourth-order valence-corrected chi connectivity index (χ4v) is 10.4. The summed E-state index contributed by atoms with van der Waals surface area (Å²) in [6.45, 7) is 9.11. The Balaban J connectivity index is 1.18. The van der Waals surface area contributed by atoms with Gasteiger partial charge in [0.15, 0.2) is 11.2 Å². The maximum absolute atomic E-state index is 13.6. The van der Waals surface area contributed by atoms with Crippen LogP contribution in [0.25, 0.3) is 21.9 Å². The summed E-state index contributed by atoms with van der Waals surface area (Å²) in [4.78, 5) is 25.9. The number of anilines is 1. The van der Waals surface area contributed by atoms with E-state index < -0.39 is 32.6 Å². The van der Waals surface area contributed by atoms with Crippen molar-refractivity contribution < 1.29 is 28.0 Å². The number of imidazole rings is 1. The molecule has 8 rings (SSSR count). The second-order valence-corrected chi connectivity index (χ2v) is 18.0. The lowest BCUT2D eigenvalue weighted by Gasteiger charge is -2.39. The van der Waals surface area contributed by atoms with Gasteiger partial charge in [0.2, 0.25) is 5.95 Å². The molecule has 3 heterocycles. The molecule has 0 aliphatic carbocycles. The van der Waals surface area contributed by atoms with Crippen molar-refractivity contribution in [2.75, 3.05) is 32.8 Å². The van der Waals surface area contributed by atoms with Gasteiger partial charge in [0.1, 0.15) is 29.4 Å². The molecule has 1 aliphatic heterocycles. The normalized spacial score (nSPS) is 16.9. The van der Waals surface area contributed by atoms with Crippen molar-refractivity contribution in [3.05, 3.63) is 160 Å². The van der Waals surface area contributed by atoms with Gasteiger partial charge in [-0.05, 0) is 85.0 Å². The largest absolute Gasteiger partial charge is 0.497 e. The summed E-state index contributed by atoms with van der Waals surface area (Å²) in [5.41, 5.74) is 2.72. The number of rotatable bonds is 20. The molecule has 66 heavy (non-hydrogen) atoms. The van der Waals surface area contributed by atoms with Crippen LogP contribution >= 0.6 is 8.53 Å². The van der Waals surface area contributed by atoms with Crippen LogP contribution in [0, 0.1) is 11.3 Å². The van der Waals surface area contributed by atoms with Crippen LogP contribution in [0.2, 0.25) is 0 Å². The summed E-state index contributed by atoms with van der Waals surface area (Å²) in [5.74, 6) is 1.73. The highest BCUT2D eigenvalue weighted by Gasteiger charge is 2.45. The summed E-state index contributed by atoms with van der Waals surface area (Å²) < 4.78 is 43.1. The molecule has 0 amide bonds. The van der Waals surface area contributed by atoms with Gasteiger partial charge in [0.05, 0.1) is 52.4 Å². The number of H-pyrrole nitrogens is 1. The summed E-state index contributed by atoms with van der Waals surface area (Å²) in [7, 11) is 1.61. The van der Waals surface area contributed by atoms with Crippen molar-refractivity contribution in [3.63, 3.8) is 0 Å². The molecule has 1 saturated heterocycles. The molecule has 5 aromatic carbocycles. The standard InChI is InChI=1S/C51H56N7O7P/c1-34(2)58(35(3)4)66(63-29-13-28-52)65-44-30-46(57-33-54-47-48(57)55-50(56-49(47)59)53-31-37-16-12-15-36-14-10-11-19-43(36)37)64-45(44)32-62-51(38-17-8-7-9-18-38,39-20-24-41(60-5)25-21-39)40-22-26-42(61-6)27-23-40/h7-12,14-27,33-35,44-46H,13,29-32H2,1-6H3,(H2,53,55,56,59)/t44-,45+,46+,66?/m0/s1. The van der Waals surface area contributed by atoms with E-state index in [0.717, 1.165) is 33.0 Å². The van der Waals surface area contributed by atoms with Gasteiger partial charge in [-0.25, -0.2) is 9.65 Å². The van der Waals surface area contributed by atoms with Gasteiger partial charge in [0, 0.05) is 25.0 Å². The monoisotopic (exact) mass is 909 g/mol. The Morgan fingerprint density at radius 2 is 1.52 bits per heavy atom. The minimum Gasteiger partial charge on any atom is -0.497 e. The van der Waals surface area contributed by atoms with Crippen LogP contribution in [-0.2, 0) is 30.7 Å². The lowest BCUT2D eigenvalue weighted by Crippen LogP contribution is -2.39. The van der Waals surface area contributed by atoms with Crippen LogP contribution in [-0.4, -0.2) is 75.9 Å². The maximum Gasteiger partial charge on any atom is 0.280 e. The van der Waals surface area contributed by atoms with Crippen molar-refractivity contribution in [3.8, 4) is 17.6 Å². The Bertz CT molecular complexity index is 2730. The number of nitrogens with zero attached hydrogens (tertiary/aromatic N) is 5. The third-order valence-electron chi connectivity index (χ3n) is 11.8. The molecular weight excluding hydrogens is 854 g/mol. The molecular formula is C51H56N7O7P. The van der Waals surface area contributed by atoms with Crippen molar-refractivity contribution in [2.45, 2.75) is 83.2 Å². The van der Waals surface area contributed by atoms with E-state index in [0.29, 0.717) is 36.1 Å². The first-order valence-electron chi connectivity index (χ1n) is 22.2. The number of benzene rings is 5. The fraction of sp³-hybridized carbons (Fsp3) is 0.333. The molecule has 0 bridgehead atoms. The van der Waals surface area contributed by atoms with E-state index in [1.165, 1.54) is 0 Å². The third-order valence-corrected chi connectivity index (χ3v) is 13.9. The lowest BCUT2D eigenvalue weighted by molar-refractivity contribution is -0.0912. The number of methoxy groups -OCH3 is 2. The summed E-state index contributed by atoms with van der Waals surface area (Å²) in [5, 5.41) is 15.1. The number of aromatic amines is 1. The molecule has 342 valence electrons. The van der Waals surface area contributed by atoms with Gasteiger partial charge >= 0.3 is 0 Å². The summed E-state index contributed by atoms with van der Waals surface area (Å²) in [6.07, 6.45) is 0.251. The smallest absolute Gasteiger partial charge is 0.280 e. The van der Waals surface area contributed by atoms with Crippen LogP contribution in [0.3, 0.4) is 0 Å². The minimum absolute atomic E-state index is 0.0650. The molecule has 2 aromatic heterocycles. The average molecular weight is 910 g/mol. The molecule has 15 heteroatoms. The Morgan fingerprint density at radius 1 is 0.879 bits per heavy atom. The predicted molar refractivity (Wildman–Crippen MR) is 256 cm³/mol. The number of hydrogen-bond acceptors (Lipinski definition) is 12. The van der Waals surface area contributed by atoms with E-state index >= 15 is 0 Å². The molecule has 0 radical (unpaired) electrons. The Kier molecular flexibility index (Phi) is 14.7. The zero-order valence-corrected chi connectivity index (χ0v) is 39.0. The second-order valence-electron chi connectivity index (χ2n) is 16.6. The van der Waals surface area contributed by atoms with Crippen molar-refractivity contribution in [2.24, 2.45) is 0 Å². The van der Waals surface area contributed by atoms with Crippen molar-refractivity contribution in [1.82, 2.24) is 24.2 Å². The van der Waals surface area contributed by atoms with Gasteiger partial charge in [-0.2, -0.15) is 10.2 Å². The number of aromatic nitrogens is 4. The second kappa shape index (κ2) is 21.0. The molecule has 7 aromatic rings. The van der Waals surface area contributed by atoms with Gasteiger partial charge < -0.3 is 33.3 Å². The molecule has 1 unspecified atom stereocenters. The summed E-state index contributed by atoms with van der Waals surface area (Å²) >= 11 is 0. The van der Waals surface area contributed by atoms with Crippen LogP contribution < -0.4 is 20.3 Å². The molecule has 1 aliphatic rings. The molecule has 14 nitrogen and oxygen atoms in total. The topological polar surface area (TPSA) is 158 Å². The first kappa shape index (κ1) is 46.4. The number of fused-ring (bicyclic) bond motifs is 2.